The maximum atomic E-state index is 12.1. The van der Waals surface area contributed by atoms with E-state index in [0.29, 0.717) is 11.3 Å². The van der Waals surface area contributed by atoms with Gasteiger partial charge in [-0.05, 0) is 37.1 Å². The van der Waals surface area contributed by atoms with E-state index >= 15 is 0 Å². The molecule has 2 rings (SSSR count). The first kappa shape index (κ1) is 22.0. The van der Waals surface area contributed by atoms with Gasteiger partial charge in [-0.3, -0.25) is 24.5 Å². The number of hydrogen-bond donors (Lipinski definition) is 2. The molecule has 0 aliphatic rings. The van der Waals surface area contributed by atoms with E-state index in [4.69, 9.17) is 4.74 Å². The molecule has 0 atom stereocenters. The molecular weight excluding hydrogens is 398 g/mol. The van der Waals surface area contributed by atoms with Crippen molar-refractivity contribution in [2.75, 3.05) is 25.6 Å². The van der Waals surface area contributed by atoms with Gasteiger partial charge in [0.05, 0.1) is 19.2 Å². The van der Waals surface area contributed by atoms with Crippen molar-refractivity contribution in [2.45, 2.75) is 20.3 Å². The lowest BCUT2D eigenvalue weighted by molar-refractivity contribution is -0.146. The molecular formula is C19H21N3O6S. The fourth-order valence-corrected chi connectivity index (χ4v) is 2.88. The SMILES string of the molecule is COC(=O)Cc1csc(NC(=O)COC(=O)CNC(=O)c2ccc(C)c(C)c2)n1. The number of nitrogens with zero attached hydrogens (tertiary/aromatic N) is 1. The standard InChI is InChI=1S/C19H21N3O6S/c1-11-4-5-13(6-12(11)2)18(26)20-8-17(25)28-9-15(23)22-19-21-14(10-29-19)7-16(24)27-3/h4-6,10H,7-9H2,1-3H3,(H,20,26)(H,21,22,23). The molecule has 1 heterocycles. The van der Waals surface area contributed by atoms with Crippen molar-refractivity contribution in [1.82, 2.24) is 10.3 Å². The minimum atomic E-state index is -0.747. The summed E-state index contributed by atoms with van der Waals surface area (Å²) >= 11 is 1.13. The molecule has 2 amide bonds. The smallest absolute Gasteiger partial charge is 0.325 e. The number of aromatic nitrogens is 1. The van der Waals surface area contributed by atoms with Gasteiger partial charge in [0.15, 0.2) is 11.7 Å². The summed E-state index contributed by atoms with van der Waals surface area (Å²) in [5.74, 6) is -2.18. The summed E-state index contributed by atoms with van der Waals surface area (Å²) in [6.07, 6.45) is -0.00192. The van der Waals surface area contributed by atoms with Crippen molar-refractivity contribution in [3.63, 3.8) is 0 Å². The second-order valence-electron chi connectivity index (χ2n) is 6.09. The third kappa shape index (κ3) is 7.00. The van der Waals surface area contributed by atoms with E-state index in [9.17, 15) is 19.2 Å². The average Bonchev–Trinajstić information content (AvgIpc) is 3.12. The summed E-state index contributed by atoms with van der Waals surface area (Å²) in [6.45, 7) is 2.94. The second-order valence-corrected chi connectivity index (χ2v) is 6.95. The van der Waals surface area contributed by atoms with Crippen molar-refractivity contribution in [2.24, 2.45) is 0 Å². The number of methoxy groups -OCH3 is 1. The highest BCUT2D eigenvalue weighted by molar-refractivity contribution is 7.13. The molecule has 1 aromatic heterocycles. The summed E-state index contributed by atoms with van der Waals surface area (Å²) in [4.78, 5) is 50.9. The number of amides is 2. The number of rotatable bonds is 8. The molecule has 0 spiro atoms. The molecule has 0 saturated heterocycles. The van der Waals surface area contributed by atoms with Gasteiger partial charge >= 0.3 is 11.9 Å². The van der Waals surface area contributed by atoms with Gasteiger partial charge in [0.2, 0.25) is 0 Å². The predicted molar refractivity (Wildman–Crippen MR) is 106 cm³/mol. The van der Waals surface area contributed by atoms with Gasteiger partial charge in [0.1, 0.15) is 6.54 Å². The number of esters is 2. The molecule has 0 bridgehead atoms. The molecule has 0 aliphatic carbocycles. The van der Waals surface area contributed by atoms with Gasteiger partial charge in [-0.25, -0.2) is 4.98 Å². The van der Waals surface area contributed by atoms with E-state index in [0.717, 1.165) is 22.5 Å². The predicted octanol–water partition coefficient (Wildman–Crippen LogP) is 1.39. The first-order valence-corrected chi connectivity index (χ1v) is 9.48. The van der Waals surface area contributed by atoms with Crippen LogP contribution in [0.25, 0.3) is 0 Å². The van der Waals surface area contributed by atoms with E-state index in [-0.39, 0.29) is 18.1 Å². The number of carbonyl (C=O) groups is 4. The van der Waals surface area contributed by atoms with Gasteiger partial charge in [-0.1, -0.05) is 6.07 Å². The number of benzene rings is 1. The second kappa shape index (κ2) is 10.3. The Kier molecular flexibility index (Phi) is 7.84. The van der Waals surface area contributed by atoms with Crippen molar-refractivity contribution in [1.29, 1.82) is 0 Å². The van der Waals surface area contributed by atoms with Crippen molar-refractivity contribution in [3.05, 3.63) is 46.0 Å². The maximum Gasteiger partial charge on any atom is 0.325 e. The zero-order valence-corrected chi connectivity index (χ0v) is 17.1. The topological polar surface area (TPSA) is 124 Å². The van der Waals surface area contributed by atoms with Crippen LogP contribution in [-0.4, -0.2) is 49.0 Å². The van der Waals surface area contributed by atoms with Crippen LogP contribution >= 0.6 is 11.3 Å². The van der Waals surface area contributed by atoms with Gasteiger partial charge in [-0.2, -0.15) is 0 Å². The van der Waals surface area contributed by atoms with Crippen LogP contribution in [0.15, 0.2) is 23.6 Å². The molecule has 0 unspecified atom stereocenters. The summed E-state index contributed by atoms with van der Waals surface area (Å²) in [5, 5.41) is 6.79. The Balaban J connectivity index is 1.73. The van der Waals surface area contributed by atoms with Crippen LogP contribution in [0.2, 0.25) is 0 Å². The number of aryl methyl sites for hydroxylation is 2. The average molecular weight is 419 g/mol. The highest BCUT2D eigenvalue weighted by Gasteiger charge is 2.13. The Bertz CT molecular complexity index is 924. The lowest BCUT2D eigenvalue weighted by Gasteiger charge is -2.08. The van der Waals surface area contributed by atoms with Gasteiger partial charge < -0.3 is 14.8 Å². The monoisotopic (exact) mass is 419 g/mol. The highest BCUT2D eigenvalue weighted by atomic mass is 32.1. The highest BCUT2D eigenvalue weighted by Crippen LogP contribution is 2.16. The molecule has 0 radical (unpaired) electrons. The zero-order chi connectivity index (χ0) is 21.4. The number of carbonyl (C=O) groups excluding carboxylic acids is 4. The molecule has 0 fully saturated rings. The maximum absolute atomic E-state index is 12.1. The summed E-state index contributed by atoms with van der Waals surface area (Å²) < 4.78 is 9.37. The van der Waals surface area contributed by atoms with Crippen LogP contribution in [-0.2, 0) is 30.3 Å². The molecule has 154 valence electrons. The van der Waals surface area contributed by atoms with E-state index in [2.05, 4.69) is 20.4 Å². The number of thiazole rings is 1. The van der Waals surface area contributed by atoms with E-state index in [1.807, 2.05) is 19.9 Å². The van der Waals surface area contributed by atoms with E-state index in [1.165, 1.54) is 7.11 Å². The minimum absolute atomic E-state index is 0.00192. The first-order chi connectivity index (χ1) is 13.8. The molecule has 9 nitrogen and oxygen atoms in total. The minimum Gasteiger partial charge on any atom is -0.469 e. The molecule has 2 aromatic rings. The normalized spacial score (nSPS) is 10.2. The van der Waals surface area contributed by atoms with Crippen molar-refractivity contribution in [3.8, 4) is 0 Å². The number of hydrogen-bond acceptors (Lipinski definition) is 8. The quantitative estimate of drug-likeness (QED) is 0.620. The van der Waals surface area contributed by atoms with E-state index in [1.54, 1.807) is 17.5 Å². The molecule has 0 aliphatic heterocycles. The lowest BCUT2D eigenvalue weighted by atomic mass is 10.1. The van der Waals surface area contributed by atoms with Crippen LogP contribution in [0, 0.1) is 13.8 Å². The number of ether oxygens (including phenoxy) is 2. The van der Waals surface area contributed by atoms with Crippen LogP contribution in [0.3, 0.4) is 0 Å². The Hall–Kier alpha value is -3.27. The Labute approximate surface area is 171 Å². The van der Waals surface area contributed by atoms with Crippen LogP contribution in [0.5, 0.6) is 0 Å². The first-order valence-electron chi connectivity index (χ1n) is 8.60. The molecule has 10 heteroatoms. The summed E-state index contributed by atoms with van der Waals surface area (Å²) in [6, 6.07) is 5.22. The summed E-state index contributed by atoms with van der Waals surface area (Å²) in [7, 11) is 1.27. The van der Waals surface area contributed by atoms with Crippen LogP contribution in [0.4, 0.5) is 5.13 Å². The lowest BCUT2D eigenvalue weighted by Crippen LogP contribution is -2.32. The Morgan fingerprint density at radius 3 is 2.55 bits per heavy atom. The van der Waals surface area contributed by atoms with Gasteiger partial charge in [0.25, 0.3) is 11.8 Å². The third-order valence-corrected chi connectivity index (χ3v) is 4.68. The zero-order valence-electron chi connectivity index (χ0n) is 16.2. The molecule has 1 aromatic carbocycles. The molecule has 0 saturated carbocycles. The fraction of sp³-hybridized carbons (Fsp3) is 0.316. The van der Waals surface area contributed by atoms with Crippen molar-refractivity contribution < 1.29 is 28.7 Å². The Morgan fingerprint density at radius 1 is 1.10 bits per heavy atom. The number of anilines is 1. The van der Waals surface area contributed by atoms with Crippen LogP contribution in [0.1, 0.15) is 27.2 Å². The number of nitrogens with one attached hydrogen (secondary N) is 2. The van der Waals surface area contributed by atoms with Gasteiger partial charge in [-0.15, -0.1) is 11.3 Å². The molecule has 2 N–H and O–H groups in total. The van der Waals surface area contributed by atoms with Crippen LogP contribution < -0.4 is 10.6 Å². The summed E-state index contributed by atoms with van der Waals surface area (Å²) in [5.41, 5.74) is 2.92. The van der Waals surface area contributed by atoms with E-state index < -0.39 is 30.4 Å². The Morgan fingerprint density at radius 2 is 1.86 bits per heavy atom. The molecule has 29 heavy (non-hydrogen) atoms. The van der Waals surface area contributed by atoms with Crippen molar-refractivity contribution >= 4 is 40.2 Å². The van der Waals surface area contributed by atoms with Gasteiger partial charge in [0, 0.05) is 10.9 Å². The fourth-order valence-electron chi connectivity index (χ4n) is 2.16. The third-order valence-electron chi connectivity index (χ3n) is 3.88. The largest absolute Gasteiger partial charge is 0.469 e.